The summed E-state index contributed by atoms with van der Waals surface area (Å²) in [6, 6.07) is 6.86. The van der Waals surface area contributed by atoms with Crippen LogP contribution in [0.1, 0.15) is 40.2 Å². The number of rotatable bonds is 3. The van der Waals surface area contributed by atoms with Crippen molar-refractivity contribution in [2.45, 2.75) is 45.8 Å². The number of hydrogen-bond donors (Lipinski definition) is 1. The third-order valence-corrected chi connectivity index (χ3v) is 4.01. The second-order valence-electron chi connectivity index (χ2n) is 6.42. The molecule has 0 aliphatic carbocycles. The van der Waals surface area contributed by atoms with Gasteiger partial charge < -0.3 is 14.6 Å². The van der Waals surface area contributed by atoms with Crippen LogP contribution in [-0.4, -0.2) is 24.2 Å². The van der Waals surface area contributed by atoms with Crippen LogP contribution < -0.4 is 5.32 Å². The van der Waals surface area contributed by atoms with Gasteiger partial charge in [0.1, 0.15) is 5.73 Å². The summed E-state index contributed by atoms with van der Waals surface area (Å²) >= 11 is 0. The van der Waals surface area contributed by atoms with Crippen molar-refractivity contribution in [1.82, 2.24) is 0 Å². The van der Waals surface area contributed by atoms with E-state index in [1.54, 1.807) is 24.3 Å². The fraction of sp³-hybridized carbons (Fsp3) is 0.438. The van der Waals surface area contributed by atoms with Gasteiger partial charge in [0.15, 0.2) is 0 Å². The van der Waals surface area contributed by atoms with Crippen LogP contribution in [0.25, 0.3) is 6.08 Å². The molecule has 1 aromatic carbocycles. The highest BCUT2D eigenvalue weighted by Gasteiger charge is 2.52. The zero-order valence-corrected chi connectivity index (χ0v) is 13.6. The van der Waals surface area contributed by atoms with Crippen LogP contribution >= 0.6 is 0 Å². The Kier molecular flexibility index (Phi) is 4.45. The normalized spacial score (nSPS) is 20.1. The Balaban J connectivity index is 2.11. The van der Waals surface area contributed by atoms with Crippen molar-refractivity contribution in [2.75, 3.05) is 5.32 Å². The van der Waals surface area contributed by atoms with Gasteiger partial charge in [-0.15, -0.1) is 0 Å². The molecule has 0 unspecified atom stereocenters. The minimum Gasteiger partial charge on any atom is -0.398 e. The summed E-state index contributed by atoms with van der Waals surface area (Å²) in [4.78, 5) is 11.0. The van der Waals surface area contributed by atoms with E-state index in [0.29, 0.717) is 11.3 Å². The van der Waals surface area contributed by atoms with Gasteiger partial charge in [0, 0.05) is 12.6 Å². The average Bonchev–Trinajstić information content (AvgIpc) is 2.60. The van der Waals surface area contributed by atoms with Crippen molar-refractivity contribution in [3.8, 4) is 0 Å². The van der Waals surface area contributed by atoms with Gasteiger partial charge in [0.25, 0.3) is 0 Å². The number of anilines is 1. The van der Waals surface area contributed by atoms with Gasteiger partial charge in [-0.3, -0.25) is 4.79 Å². The first kappa shape index (κ1) is 16.7. The van der Waals surface area contributed by atoms with Crippen LogP contribution in [0.15, 0.2) is 30.0 Å². The van der Waals surface area contributed by atoms with E-state index in [1.807, 2.05) is 27.7 Å². The molecule has 2 rings (SSSR count). The molecule has 1 aliphatic heterocycles. The maximum atomic E-state index is 14.3. The Labute approximate surface area is 130 Å². The van der Waals surface area contributed by atoms with Crippen LogP contribution in [0.4, 0.5) is 10.1 Å². The number of carbonyl (C=O) groups is 1. The molecule has 0 spiro atoms. The first-order valence-corrected chi connectivity index (χ1v) is 7.21. The number of benzene rings is 1. The second-order valence-corrected chi connectivity index (χ2v) is 6.42. The third kappa shape index (κ3) is 3.57. The van der Waals surface area contributed by atoms with Gasteiger partial charge in [0.05, 0.1) is 11.2 Å². The van der Waals surface area contributed by atoms with Crippen molar-refractivity contribution in [2.24, 2.45) is 0 Å². The maximum absolute atomic E-state index is 14.3. The van der Waals surface area contributed by atoms with Gasteiger partial charge in [-0.1, -0.05) is 12.1 Å². The minimum absolute atomic E-state index is 0.147. The van der Waals surface area contributed by atoms with Crippen LogP contribution in [0, 0.1) is 0 Å². The first-order chi connectivity index (χ1) is 10.1. The number of amides is 1. The lowest BCUT2D eigenvalue weighted by atomic mass is 9.87. The third-order valence-electron chi connectivity index (χ3n) is 4.01. The smallest absolute Gasteiger partial charge is 0.398 e. The van der Waals surface area contributed by atoms with Gasteiger partial charge in [-0.05, 0) is 51.5 Å². The molecule has 0 atom stereocenters. The molecular formula is C16H21BFNO3. The standard InChI is InChI=1S/C16H21BFNO3/c1-11(20)19-13-8-6-12(7-9-13)10-14(18)17-21-15(2,3)16(4,5)22-17/h6-10H,1-5H3,(H,19,20). The Bertz CT molecular complexity index is 580. The largest absolute Gasteiger partial charge is 0.525 e. The summed E-state index contributed by atoms with van der Waals surface area (Å²) in [5, 5.41) is 2.66. The Morgan fingerprint density at radius 1 is 1.14 bits per heavy atom. The highest BCUT2D eigenvalue weighted by molar-refractivity contribution is 6.54. The number of halogens is 1. The van der Waals surface area contributed by atoms with E-state index in [9.17, 15) is 9.18 Å². The highest BCUT2D eigenvalue weighted by atomic mass is 19.1. The predicted octanol–water partition coefficient (Wildman–Crippen LogP) is 3.59. The molecule has 4 nitrogen and oxygen atoms in total. The molecule has 1 fully saturated rings. The van der Waals surface area contributed by atoms with E-state index in [4.69, 9.17) is 9.31 Å². The Hall–Kier alpha value is -1.66. The van der Waals surface area contributed by atoms with E-state index >= 15 is 0 Å². The zero-order valence-electron chi connectivity index (χ0n) is 13.6. The summed E-state index contributed by atoms with van der Waals surface area (Å²) in [7, 11) is -1.000. The molecule has 1 amide bonds. The summed E-state index contributed by atoms with van der Waals surface area (Å²) in [5.74, 6) is -0.147. The molecule has 1 aromatic rings. The predicted molar refractivity (Wildman–Crippen MR) is 85.9 cm³/mol. The Morgan fingerprint density at radius 3 is 2.09 bits per heavy atom. The summed E-state index contributed by atoms with van der Waals surface area (Å²) in [6.45, 7) is 8.95. The molecule has 1 N–H and O–H groups in total. The molecule has 1 heterocycles. The van der Waals surface area contributed by atoms with Gasteiger partial charge in [-0.25, -0.2) is 4.39 Å². The van der Waals surface area contributed by atoms with E-state index in [0.717, 1.165) is 0 Å². The lowest BCUT2D eigenvalue weighted by molar-refractivity contribution is -0.114. The summed E-state index contributed by atoms with van der Waals surface area (Å²) in [6.07, 6.45) is 1.37. The van der Waals surface area contributed by atoms with Gasteiger partial charge in [-0.2, -0.15) is 0 Å². The second kappa shape index (κ2) is 5.86. The molecule has 0 aromatic heterocycles. The first-order valence-electron chi connectivity index (χ1n) is 7.21. The molecule has 0 saturated carbocycles. The van der Waals surface area contributed by atoms with Crippen LogP contribution in [0.5, 0.6) is 0 Å². The van der Waals surface area contributed by atoms with E-state index < -0.39 is 24.0 Å². The zero-order chi connectivity index (χ0) is 16.5. The molecular weight excluding hydrogens is 284 g/mol. The molecule has 0 radical (unpaired) electrons. The summed E-state index contributed by atoms with van der Waals surface area (Å²) in [5.41, 5.74) is -0.288. The molecule has 22 heavy (non-hydrogen) atoms. The molecule has 1 aliphatic rings. The maximum Gasteiger partial charge on any atom is 0.525 e. The fourth-order valence-electron chi connectivity index (χ4n) is 2.05. The molecule has 0 bridgehead atoms. The van der Waals surface area contributed by atoms with Crippen molar-refractivity contribution in [3.05, 3.63) is 35.6 Å². The molecule has 1 saturated heterocycles. The number of carbonyl (C=O) groups excluding carboxylic acids is 1. The van der Waals surface area contributed by atoms with E-state index in [-0.39, 0.29) is 5.91 Å². The monoisotopic (exact) mass is 305 g/mol. The Morgan fingerprint density at radius 2 is 1.64 bits per heavy atom. The van der Waals surface area contributed by atoms with E-state index in [2.05, 4.69) is 5.32 Å². The van der Waals surface area contributed by atoms with Crippen molar-refractivity contribution >= 4 is 24.8 Å². The van der Waals surface area contributed by atoms with Crippen molar-refractivity contribution < 1.29 is 18.5 Å². The molecule has 118 valence electrons. The van der Waals surface area contributed by atoms with Crippen molar-refractivity contribution in [3.63, 3.8) is 0 Å². The van der Waals surface area contributed by atoms with Crippen LogP contribution in [0.3, 0.4) is 0 Å². The lowest BCUT2D eigenvalue weighted by Gasteiger charge is -2.32. The quantitative estimate of drug-likeness (QED) is 0.868. The van der Waals surface area contributed by atoms with Crippen LogP contribution in [-0.2, 0) is 14.1 Å². The average molecular weight is 305 g/mol. The highest BCUT2D eigenvalue weighted by Crippen LogP contribution is 2.39. The minimum atomic E-state index is -1.000. The van der Waals surface area contributed by atoms with Gasteiger partial charge in [0.2, 0.25) is 5.91 Å². The number of hydrogen-bond acceptors (Lipinski definition) is 3. The lowest BCUT2D eigenvalue weighted by Crippen LogP contribution is -2.41. The summed E-state index contributed by atoms with van der Waals surface area (Å²) < 4.78 is 25.6. The topological polar surface area (TPSA) is 47.6 Å². The fourth-order valence-corrected chi connectivity index (χ4v) is 2.05. The van der Waals surface area contributed by atoms with E-state index in [1.165, 1.54) is 13.0 Å². The molecule has 6 heteroatoms. The van der Waals surface area contributed by atoms with Crippen molar-refractivity contribution in [1.29, 1.82) is 0 Å². The number of nitrogens with one attached hydrogen (secondary N) is 1. The van der Waals surface area contributed by atoms with Gasteiger partial charge >= 0.3 is 7.12 Å². The van der Waals surface area contributed by atoms with Crippen LogP contribution in [0.2, 0.25) is 0 Å². The SMILES string of the molecule is CC(=O)Nc1ccc(C=C(F)B2OC(C)(C)C(C)(C)O2)cc1.